The molecule has 0 aliphatic rings. The first-order valence-electron chi connectivity index (χ1n) is 7.20. The molecule has 0 radical (unpaired) electrons. The highest BCUT2D eigenvalue weighted by atomic mass is 35.5. The Morgan fingerprint density at radius 3 is 2.38 bits per heavy atom. The topological polar surface area (TPSA) is 61.4 Å². The second-order valence-corrected chi connectivity index (χ2v) is 5.91. The molecule has 2 N–H and O–H groups in total. The van der Waals surface area contributed by atoms with Crippen LogP contribution in [0.2, 0.25) is 10.0 Å². The van der Waals surface area contributed by atoms with Gasteiger partial charge in [0.25, 0.3) is 0 Å². The molecule has 2 rings (SSSR count). The zero-order chi connectivity index (χ0) is 17.7. The van der Waals surface area contributed by atoms with Crippen molar-refractivity contribution < 1.29 is 9.59 Å². The fourth-order valence-electron chi connectivity index (χ4n) is 1.96. The molecule has 0 fully saturated rings. The lowest BCUT2D eigenvalue weighted by Gasteiger charge is -2.15. The minimum absolute atomic E-state index is 0.0477. The molecule has 2 amide bonds. The maximum Gasteiger partial charge on any atom is 0.243 e. The molecule has 2 aromatic carbocycles. The molecule has 7 heteroatoms. The molecule has 2 aromatic rings. The monoisotopic (exact) mass is 365 g/mol. The van der Waals surface area contributed by atoms with Gasteiger partial charge in [-0.3, -0.25) is 9.59 Å². The van der Waals surface area contributed by atoms with Crippen molar-refractivity contribution in [3.8, 4) is 0 Å². The molecule has 24 heavy (non-hydrogen) atoms. The minimum atomic E-state index is -0.246. The largest absolute Gasteiger partial charge is 0.376 e. The van der Waals surface area contributed by atoms with Crippen LogP contribution in [0, 0.1) is 0 Å². The Balaban J connectivity index is 1.92. The van der Waals surface area contributed by atoms with Crippen molar-refractivity contribution in [1.82, 2.24) is 0 Å². The van der Waals surface area contributed by atoms with E-state index >= 15 is 0 Å². The quantitative estimate of drug-likeness (QED) is 0.840. The summed E-state index contributed by atoms with van der Waals surface area (Å²) in [6.45, 7) is 1.57. The van der Waals surface area contributed by atoms with Gasteiger partial charge in [-0.2, -0.15) is 0 Å². The van der Waals surface area contributed by atoms with Crippen molar-refractivity contribution >= 4 is 52.1 Å². The summed E-state index contributed by atoms with van der Waals surface area (Å²) < 4.78 is 0. The van der Waals surface area contributed by atoms with Gasteiger partial charge in [-0.1, -0.05) is 29.3 Å². The molecular formula is C17H17Cl2N3O2. The number of rotatable bonds is 5. The van der Waals surface area contributed by atoms with Crippen molar-refractivity contribution in [2.24, 2.45) is 0 Å². The Labute approximate surface area is 150 Å². The Kier molecular flexibility index (Phi) is 6.06. The van der Waals surface area contributed by atoms with E-state index in [4.69, 9.17) is 23.2 Å². The molecule has 126 valence electrons. The second-order valence-electron chi connectivity index (χ2n) is 5.13. The molecule has 0 spiro atoms. The van der Waals surface area contributed by atoms with Crippen molar-refractivity contribution in [3.05, 3.63) is 52.5 Å². The first-order valence-corrected chi connectivity index (χ1v) is 7.96. The predicted molar refractivity (Wildman–Crippen MR) is 99.1 cm³/mol. The van der Waals surface area contributed by atoms with Crippen LogP contribution >= 0.6 is 23.2 Å². The Bertz CT molecular complexity index is 748. The van der Waals surface area contributed by atoms with Gasteiger partial charge >= 0.3 is 0 Å². The molecule has 0 saturated heterocycles. The number of carbonyl (C=O) groups excluding carboxylic acids is 2. The zero-order valence-corrected chi connectivity index (χ0v) is 14.8. The maximum atomic E-state index is 12.0. The van der Waals surface area contributed by atoms with Crippen LogP contribution in [-0.2, 0) is 9.59 Å². The van der Waals surface area contributed by atoms with E-state index in [0.717, 1.165) is 11.4 Å². The van der Waals surface area contributed by atoms with Gasteiger partial charge in [0.15, 0.2) is 0 Å². The third-order valence-corrected chi connectivity index (χ3v) is 4.22. The lowest BCUT2D eigenvalue weighted by atomic mass is 10.2. The van der Waals surface area contributed by atoms with Crippen molar-refractivity contribution in [2.75, 3.05) is 29.1 Å². The third-order valence-electron chi connectivity index (χ3n) is 3.41. The molecule has 0 aromatic heterocycles. The fraction of sp³-hybridized carbons (Fsp3) is 0.176. The van der Waals surface area contributed by atoms with Crippen LogP contribution < -0.4 is 15.5 Å². The van der Waals surface area contributed by atoms with Gasteiger partial charge in [0.2, 0.25) is 11.8 Å². The number of carbonyl (C=O) groups is 2. The molecule has 0 bridgehead atoms. The Morgan fingerprint density at radius 2 is 1.75 bits per heavy atom. The van der Waals surface area contributed by atoms with Crippen molar-refractivity contribution in [3.63, 3.8) is 0 Å². The van der Waals surface area contributed by atoms with E-state index in [9.17, 15) is 9.59 Å². The van der Waals surface area contributed by atoms with Gasteiger partial charge in [-0.25, -0.2) is 0 Å². The summed E-state index contributed by atoms with van der Waals surface area (Å²) in [6, 6.07) is 12.2. The van der Waals surface area contributed by atoms with E-state index in [0.29, 0.717) is 15.7 Å². The van der Waals surface area contributed by atoms with E-state index in [-0.39, 0.29) is 18.4 Å². The van der Waals surface area contributed by atoms with E-state index in [1.807, 2.05) is 0 Å². The number of nitrogens with zero attached hydrogens (tertiary/aromatic N) is 1. The second kappa shape index (κ2) is 8.04. The average molecular weight is 366 g/mol. The van der Waals surface area contributed by atoms with E-state index in [1.54, 1.807) is 49.5 Å². The molecule has 0 aliphatic heterocycles. The molecule has 0 atom stereocenters. The van der Waals surface area contributed by atoms with Gasteiger partial charge in [0.05, 0.1) is 22.3 Å². The Hall–Kier alpha value is -2.24. The number of hydrogen-bond donors (Lipinski definition) is 2. The summed E-state index contributed by atoms with van der Waals surface area (Å²) in [5, 5.41) is 6.39. The smallest absolute Gasteiger partial charge is 0.243 e. The fourth-order valence-corrected chi connectivity index (χ4v) is 2.31. The van der Waals surface area contributed by atoms with E-state index < -0.39 is 0 Å². The van der Waals surface area contributed by atoms with Crippen LogP contribution in [0.1, 0.15) is 6.92 Å². The molecule has 0 unspecified atom stereocenters. The third kappa shape index (κ3) is 4.63. The van der Waals surface area contributed by atoms with Gasteiger partial charge in [-0.05, 0) is 36.4 Å². The zero-order valence-electron chi connectivity index (χ0n) is 13.3. The van der Waals surface area contributed by atoms with Crippen molar-refractivity contribution in [2.45, 2.75) is 6.92 Å². The van der Waals surface area contributed by atoms with E-state index in [1.165, 1.54) is 11.8 Å². The number of halogens is 2. The number of benzene rings is 2. The molecule has 5 nitrogen and oxygen atoms in total. The van der Waals surface area contributed by atoms with Crippen LogP contribution in [0.3, 0.4) is 0 Å². The highest BCUT2D eigenvalue weighted by Crippen LogP contribution is 2.29. The normalized spacial score (nSPS) is 10.2. The summed E-state index contributed by atoms with van der Waals surface area (Å²) in [4.78, 5) is 24.8. The van der Waals surface area contributed by atoms with Crippen LogP contribution in [0.15, 0.2) is 42.5 Å². The lowest BCUT2D eigenvalue weighted by molar-refractivity contribution is -0.116. The van der Waals surface area contributed by atoms with Crippen LogP contribution in [0.5, 0.6) is 0 Å². The standard InChI is InChI=1S/C17H17Cl2N3O2/c1-11(23)22(2)13-8-6-12(7-9-13)20-10-16(24)21-15-5-3-4-14(18)17(15)19/h3-9,20H,10H2,1-2H3,(H,21,24). The van der Waals surface area contributed by atoms with Crippen LogP contribution in [0.25, 0.3) is 0 Å². The lowest BCUT2D eigenvalue weighted by Crippen LogP contribution is -2.23. The highest BCUT2D eigenvalue weighted by molar-refractivity contribution is 6.44. The number of hydrogen-bond acceptors (Lipinski definition) is 3. The molecule has 0 saturated carbocycles. The van der Waals surface area contributed by atoms with E-state index in [2.05, 4.69) is 10.6 Å². The molecule has 0 aliphatic carbocycles. The molecule has 0 heterocycles. The maximum absolute atomic E-state index is 12.0. The minimum Gasteiger partial charge on any atom is -0.376 e. The first kappa shape index (κ1) is 18.1. The predicted octanol–water partition coefficient (Wildman–Crippen LogP) is 4.03. The highest BCUT2D eigenvalue weighted by Gasteiger charge is 2.09. The van der Waals surface area contributed by atoms with Crippen molar-refractivity contribution in [1.29, 1.82) is 0 Å². The Morgan fingerprint density at radius 1 is 1.08 bits per heavy atom. The average Bonchev–Trinajstić information content (AvgIpc) is 2.57. The summed E-state index contributed by atoms with van der Waals surface area (Å²) in [6.07, 6.45) is 0. The first-order chi connectivity index (χ1) is 11.4. The number of nitrogens with one attached hydrogen (secondary N) is 2. The summed E-state index contributed by atoms with van der Waals surface area (Å²) in [5.74, 6) is -0.294. The van der Waals surface area contributed by atoms with Gasteiger partial charge in [-0.15, -0.1) is 0 Å². The number of anilines is 3. The van der Waals surface area contributed by atoms with Crippen LogP contribution in [-0.4, -0.2) is 25.4 Å². The summed E-state index contributed by atoms with van der Waals surface area (Å²) in [5.41, 5.74) is 2.01. The summed E-state index contributed by atoms with van der Waals surface area (Å²) in [7, 11) is 1.70. The van der Waals surface area contributed by atoms with Crippen LogP contribution in [0.4, 0.5) is 17.1 Å². The van der Waals surface area contributed by atoms with Gasteiger partial charge in [0.1, 0.15) is 0 Å². The van der Waals surface area contributed by atoms with Gasteiger partial charge in [0, 0.05) is 25.3 Å². The summed E-state index contributed by atoms with van der Waals surface area (Å²) >= 11 is 11.9. The molecular weight excluding hydrogens is 349 g/mol. The SMILES string of the molecule is CC(=O)N(C)c1ccc(NCC(=O)Nc2cccc(Cl)c2Cl)cc1. The number of amides is 2. The van der Waals surface area contributed by atoms with Gasteiger partial charge < -0.3 is 15.5 Å².